The molecule has 0 aromatic carbocycles. The van der Waals surface area contributed by atoms with Crippen molar-refractivity contribution in [3.8, 4) is 6.07 Å². The summed E-state index contributed by atoms with van der Waals surface area (Å²) in [5.41, 5.74) is 2.44. The summed E-state index contributed by atoms with van der Waals surface area (Å²) in [6, 6.07) is 2.30. The molecule has 3 nitrogen and oxygen atoms in total. The van der Waals surface area contributed by atoms with Crippen LogP contribution in [0.5, 0.6) is 0 Å². The minimum Gasteiger partial charge on any atom is -0.275 e. The molecule has 0 saturated heterocycles. The van der Waals surface area contributed by atoms with E-state index >= 15 is 0 Å². The highest BCUT2D eigenvalue weighted by atomic mass is 15.2. The van der Waals surface area contributed by atoms with E-state index in [1.807, 2.05) is 11.7 Å². The number of aryl methyl sites for hydroxylation is 2. The molecule has 62 valence electrons. The summed E-state index contributed by atoms with van der Waals surface area (Å²) >= 11 is 0. The second-order valence-electron chi connectivity index (χ2n) is 3.34. The Morgan fingerprint density at radius 1 is 1.75 bits per heavy atom. The Morgan fingerprint density at radius 2 is 2.58 bits per heavy atom. The number of fused-ring (bicyclic) bond motifs is 1. The maximum absolute atomic E-state index is 8.74. The fourth-order valence-electron chi connectivity index (χ4n) is 1.74. The summed E-state index contributed by atoms with van der Waals surface area (Å²) in [6.07, 6.45) is 4.91. The number of nitrogens with zero attached hydrogens (tertiary/aromatic N) is 3. The molecule has 2 rings (SSSR count). The summed E-state index contributed by atoms with van der Waals surface area (Å²) in [6.45, 7) is 0. The van der Waals surface area contributed by atoms with E-state index in [1.54, 1.807) is 0 Å². The maximum atomic E-state index is 8.74. The van der Waals surface area contributed by atoms with Crippen molar-refractivity contribution < 1.29 is 0 Å². The first kappa shape index (κ1) is 7.35. The van der Waals surface area contributed by atoms with Gasteiger partial charge in [-0.1, -0.05) is 0 Å². The Hall–Kier alpha value is -1.30. The van der Waals surface area contributed by atoms with Crippen LogP contribution < -0.4 is 0 Å². The van der Waals surface area contributed by atoms with Gasteiger partial charge in [0.2, 0.25) is 0 Å². The number of hydrogen-bond acceptors (Lipinski definition) is 2. The van der Waals surface area contributed by atoms with E-state index in [0.717, 1.165) is 25.0 Å². The van der Waals surface area contributed by atoms with Crippen LogP contribution in [0.25, 0.3) is 0 Å². The molecular weight excluding hydrogens is 150 g/mol. The molecule has 1 unspecified atom stereocenters. The van der Waals surface area contributed by atoms with Crippen molar-refractivity contribution in [3.63, 3.8) is 0 Å². The van der Waals surface area contributed by atoms with Gasteiger partial charge in [-0.25, -0.2) is 0 Å². The lowest BCUT2D eigenvalue weighted by atomic mass is 9.89. The lowest BCUT2D eigenvalue weighted by Crippen LogP contribution is -2.11. The normalized spacial score (nSPS) is 21.5. The smallest absolute Gasteiger partial charge is 0.0669 e. The second kappa shape index (κ2) is 2.63. The van der Waals surface area contributed by atoms with Crippen molar-refractivity contribution in [2.75, 3.05) is 0 Å². The summed E-state index contributed by atoms with van der Waals surface area (Å²) < 4.78 is 1.84. The minimum absolute atomic E-state index is 0.187. The summed E-state index contributed by atoms with van der Waals surface area (Å²) in [5, 5.41) is 13.1. The van der Waals surface area contributed by atoms with Crippen LogP contribution in [0.15, 0.2) is 6.20 Å². The number of nitriles is 1. The molecule has 1 aliphatic carbocycles. The van der Waals surface area contributed by atoms with Gasteiger partial charge in [0.1, 0.15) is 0 Å². The van der Waals surface area contributed by atoms with Crippen molar-refractivity contribution in [3.05, 3.63) is 17.5 Å². The molecule has 0 aliphatic heterocycles. The van der Waals surface area contributed by atoms with Crippen LogP contribution in [0.2, 0.25) is 0 Å². The van der Waals surface area contributed by atoms with E-state index in [9.17, 15) is 0 Å². The third kappa shape index (κ3) is 1.10. The number of hydrogen-bond donors (Lipinski definition) is 0. The molecule has 0 spiro atoms. The predicted octanol–water partition coefficient (Wildman–Crippen LogP) is 1.05. The van der Waals surface area contributed by atoms with Crippen molar-refractivity contribution in [2.45, 2.75) is 19.3 Å². The van der Waals surface area contributed by atoms with Crippen molar-refractivity contribution in [2.24, 2.45) is 13.0 Å². The van der Waals surface area contributed by atoms with Crippen molar-refractivity contribution in [1.82, 2.24) is 9.78 Å². The zero-order valence-corrected chi connectivity index (χ0v) is 7.12. The van der Waals surface area contributed by atoms with E-state index in [0.29, 0.717) is 0 Å². The van der Waals surface area contributed by atoms with Gasteiger partial charge < -0.3 is 0 Å². The van der Waals surface area contributed by atoms with Gasteiger partial charge in [-0.05, 0) is 18.4 Å². The van der Waals surface area contributed by atoms with Gasteiger partial charge in [0, 0.05) is 19.7 Å². The molecule has 3 heteroatoms. The van der Waals surface area contributed by atoms with Crippen LogP contribution in [-0.2, 0) is 19.9 Å². The first-order chi connectivity index (χ1) is 5.79. The maximum Gasteiger partial charge on any atom is 0.0669 e. The van der Waals surface area contributed by atoms with Gasteiger partial charge >= 0.3 is 0 Å². The van der Waals surface area contributed by atoms with Gasteiger partial charge in [0.05, 0.1) is 17.7 Å². The molecule has 1 atom stereocenters. The Kier molecular flexibility index (Phi) is 1.61. The Bertz CT molecular complexity index is 332. The molecule has 0 N–H and O–H groups in total. The first-order valence-corrected chi connectivity index (χ1v) is 4.20. The zero-order valence-electron chi connectivity index (χ0n) is 7.12. The highest BCUT2D eigenvalue weighted by Crippen LogP contribution is 2.23. The Labute approximate surface area is 71.6 Å². The summed E-state index contributed by atoms with van der Waals surface area (Å²) in [7, 11) is 1.93. The molecule has 0 radical (unpaired) electrons. The monoisotopic (exact) mass is 161 g/mol. The van der Waals surface area contributed by atoms with E-state index < -0.39 is 0 Å². The van der Waals surface area contributed by atoms with Gasteiger partial charge in [-0.2, -0.15) is 10.4 Å². The lowest BCUT2D eigenvalue weighted by molar-refractivity contribution is 0.554. The van der Waals surface area contributed by atoms with E-state index in [4.69, 9.17) is 5.26 Å². The fourth-order valence-corrected chi connectivity index (χ4v) is 1.74. The van der Waals surface area contributed by atoms with E-state index in [2.05, 4.69) is 17.4 Å². The molecule has 1 aromatic rings. The average Bonchev–Trinajstić information content (AvgIpc) is 2.43. The minimum atomic E-state index is 0.187. The molecule has 0 amide bonds. The van der Waals surface area contributed by atoms with Crippen LogP contribution >= 0.6 is 0 Å². The summed E-state index contributed by atoms with van der Waals surface area (Å²) in [5.74, 6) is 0.187. The van der Waals surface area contributed by atoms with Crippen LogP contribution in [0.3, 0.4) is 0 Å². The largest absolute Gasteiger partial charge is 0.275 e. The molecule has 1 aromatic heterocycles. The van der Waals surface area contributed by atoms with E-state index in [1.165, 1.54) is 5.56 Å². The highest BCUT2D eigenvalue weighted by Gasteiger charge is 2.20. The Morgan fingerprint density at radius 3 is 3.33 bits per heavy atom. The zero-order chi connectivity index (χ0) is 8.55. The predicted molar refractivity (Wildman–Crippen MR) is 44.3 cm³/mol. The average molecular weight is 161 g/mol. The summed E-state index contributed by atoms with van der Waals surface area (Å²) in [4.78, 5) is 0. The lowest BCUT2D eigenvalue weighted by Gasteiger charge is -2.13. The molecular formula is C9H11N3. The third-order valence-electron chi connectivity index (χ3n) is 2.38. The Balaban J connectivity index is 2.29. The highest BCUT2D eigenvalue weighted by molar-refractivity contribution is 5.22. The fraction of sp³-hybridized carbons (Fsp3) is 0.556. The molecule has 0 fully saturated rings. The van der Waals surface area contributed by atoms with Gasteiger partial charge in [0.25, 0.3) is 0 Å². The quantitative estimate of drug-likeness (QED) is 0.570. The number of rotatable bonds is 0. The molecule has 0 saturated carbocycles. The second-order valence-corrected chi connectivity index (χ2v) is 3.34. The molecule has 12 heavy (non-hydrogen) atoms. The van der Waals surface area contributed by atoms with E-state index in [-0.39, 0.29) is 5.92 Å². The van der Waals surface area contributed by atoms with Crippen molar-refractivity contribution >= 4 is 0 Å². The molecule has 1 heterocycles. The standard InChI is InChI=1S/C9H11N3/c1-12-6-8-3-2-7(5-10)4-9(8)11-12/h6-7H,2-4H2,1H3. The SMILES string of the molecule is Cn1cc2c(n1)CC(C#N)CC2. The van der Waals surface area contributed by atoms with Gasteiger partial charge in [-0.15, -0.1) is 0 Å². The van der Waals surface area contributed by atoms with Gasteiger partial charge in [-0.3, -0.25) is 4.68 Å². The van der Waals surface area contributed by atoms with Crippen LogP contribution in [0.1, 0.15) is 17.7 Å². The molecule has 0 bridgehead atoms. The van der Waals surface area contributed by atoms with Crippen LogP contribution in [0.4, 0.5) is 0 Å². The topological polar surface area (TPSA) is 41.6 Å². The third-order valence-corrected chi connectivity index (χ3v) is 2.38. The van der Waals surface area contributed by atoms with Crippen LogP contribution in [0, 0.1) is 17.2 Å². The van der Waals surface area contributed by atoms with Crippen LogP contribution in [-0.4, -0.2) is 9.78 Å². The first-order valence-electron chi connectivity index (χ1n) is 4.20. The van der Waals surface area contributed by atoms with Crippen molar-refractivity contribution in [1.29, 1.82) is 5.26 Å². The van der Waals surface area contributed by atoms with Gasteiger partial charge in [0.15, 0.2) is 0 Å². The number of aromatic nitrogens is 2. The molecule has 1 aliphatic rings.